The van der Waals surface area contributed by atoms with Crippen LogP contribution < -0.4 is 10.6 Å². The van der Waals surface area contributed by atoms with Crippen molar-refractivity contribution in [3.05, 3.63) is 42.0 Å². The molecule has 1 aromatic carbocycles. The molecule has 3 N–H and O–H groups in total. The summed E-state index contributed by atoms with van der Waals surface area (Å²) < 4.78 is 40.6. The summed E-state index contributed by atoms with van der Waals surface area (Å²) in [6, 6.07) is 4.65. The van der Waals surface area contributed by atoms with E-state index >= 15 is 0 Å². The van der Waals surface area contributed by atoms with E-state index in [9.17, 15) is 9.18 Å². The number of nitrogens with zero attached hydrogens (tertiary/aromatic N) is 4. The minimum absolute atomic E-state index is 0.163. The molecule has 3 rings (SSSR count). The van der Waals surface area contributed by atoms with Crippen molar-refractivity contribution < 1.29 is 22.9 Å². The molecule has 10 heteroatoms. The van der Waals surface area contributed by atoms with Gasteiger partial charge >= 0.3 is 5.97 Å². The maximum absolute atomic E-state index is 14.8. The van der Waals surface area contributed by atoms with Gasteiger partial charge in [0.1, 0.15) is 31.7 Å². The molecular weight excluding hydrogens is 367 g/mol. The van der Waals surface area contributed by atoms with Crippen molar-refractivity contribution in [1.82, 2.24) is 9.97 Å². The summed E-state index contributed by atoms with van der Waals surface area (Å²) in [7, 11) is -2.59. The van der Waals surface area contributed by atoms with Crippen molar-refractivity contribution >= 4 is 23.5 Å². The molecule has 9 nitrogen and oxygen atoms in total. The van der Waals surface area contributed by atoms with Gasteiger partial charge in [0.25, 0.3) is 0 Å². The Hall–Kier alpha value is -3.56. The zero-order valence-electron chi connectivity index (χ0n) is 17.7. The lowest BCUT2D eigenvalue weighted by Crippen LogP contribution is -2.48. The Kier molecular flexibility index (Phi) is 4.66. The van der Waals surface area contributed by atoms with Gasteiger partial charge in [-0.15, -0.1) is 0 Å². The third-order valence-electron chi connectivity index (χ3n) is 3.96. The van der Waals surface area contributed by atoms with Crippen LogP contribution in [0.5, 0.6) is 0 Å². The molecule has 1 aromatic heterocycles. The minimum atomic E-state index is -2.59. The van der Waals surface area contributed by atoms with Crippen LogP contribution in [0.4, 0.5) is 10.3 Å². The van der Waals surface area contributed by atoms with Gasteiger partial charge in [0.2, 0.25) is 5.95 Å². The Morgan fingerprint density at radius 2 is 2.18 bits per heavy atom. The molecule has 1 aliphatic rings. The summed E-state index contributed by atoms with van der Waals surface area (Å²) in [5, 5.41) is 10.6. The number of oxime groups is 1. The third-order valence-corrected chi connectivity index (χ3v) is 3.96. The number of nitrogens with two attached hydrogens (primary N) is 1. The van der Waals surface area contributed by atoms with Crippen molar-refractivity contribution in [3.8, 4) is 11.1 Å². The maximum atomic E-state index is 14.8. The summed E-state index contributed by atoms with van der Waals surface area (Å²) in [4.78, 5) is 26.1. The maximum Gasteiger partial charge on any atom is 0.313 e. The first-order chi connectivity index (χ1) is 14.6. The van der Waals surface area contributed by atoms with Crippen LogP contribution >= 0.6 is 0 Å². The van der Waals surface area contributed by atoms with Crippen LogP contribution in [0.1, 0.15) is 16.1 Å². The number of ether oxygens (including phenoxy) is 1. The van der Waals surface area contributed by atoms with E-state index in [1.165, 1.54) is 18.5 Å². The molecule has 0 bridgehead atoms. The van der Waals surface area contributed by atoms with Gasteiger partial charge in [-0.05, 0) is 0 Å². The molecule has 0 saturated carbocycles. The highest BCUT2D eigenvalue weighted by atomic mass is 19.1. The Morgan fingerprint density at radius 1 is 1.43 bits per heavy atom. The largest absolute Gasteiger partial charge is 0.460 e. The van der Waals surface area contributed by atoms with E-state index in [0.29, 0.717) is 30.3 Å². The number of halogens is 1. The number of carbonyl (C=O) groups is 1. The average molecular weight is 389 g/mol. The van der Waals surface area contributed by atoms with E-state index in [1.807, 2.05) is 0 Å². The monoisotopic (exact) mass is 389 g/mol. The van der Waals surface area contributed by atoms with Crippen molar-refractivity contribution in [2.75, 3.05) is 25.0 Å². The lowest BCUT2D eigenvalue weighted by molar-refractivity contribution is -0.143. The number of anilines is 1. The van der Waals surface area contributed by atoms with Gasteiger partial charge in [-0.1, -0.05) is 23.4 Å². The predicted molar refractivity (Wildman–Crippen MR) is 100 cm³/mol. The van der Waals surface area contributed by atoms with Crippen LogP contribution in [0.2, 0.25) is 0 Å². The number of esters is 1. The lowest BCUT2D eigenvalue weighted by atomic mass is 10.1. The highest BCUT2D eigenvalue weighted by Gasteiger charge is 2.25. The van der Waals surface area contributed by atoms with Crippen molar-refractivity contribution in [1.29, 1.82) is 5.41 Å². The van der Waals surface area contributed by atoms with Crippen LogP contribution in [0.3, 0.4) is 0 Å². The molecular formula is C18H19FN6O3. The fraction of sp³-hybridized carbons (Fsp3) is 0.278. The quantitative estimate of drug-likeness (QED) is 0.318. The number of aromatic nitrogens is 2. The van der Waals surface area contributed by atoms with E-state index in [1.54, 1.807) is 17.0 Å². The van der Waals surface area contributed by atoms with Gasteiger partial charge in [-0.2, -0.15) is 0 Å². The summed E-state index contributed by atoms with van der Waals surface area (Å²) in [5.74, 6) is -1.24. The molecule has 0 amide bonds. The van der Waals surface area contributed by atoms with Crippen LogP contribution in [0.25, 0.3) is 11.1 Å². The summed E-state index contributed by atoms with van der Waals surface area (Å²) in [6.07, 6.45) is 2.56. The zero-order chi connectivity index (χ0) is 22.6. The lowest BCUT2D eigenvalue weighted by Gasteiger charge is -2.31. The minimum Gasteiger partial charge on any atom is -0.460 e. The molecule has 0 atom stereocenters. The van der Waals surface area contributed by atoms with Gasteiger partial charge in [-0.3, -0.25) is 10.2 Å². The second-order valence-corrected chi connectivity index (χ2v) is 6.02. The van der Waals surface area contributed by atoms with Crippen molar-refractivity contribution in [2.24, 2.45) is 10.9 Å². The smallest absolute Gasteiger partial charge is 0.313 e. The SMILES string of the molecule is [2H]C([2H])([2H])ON=C1CN(c2ncc(-c3cccc(COC(=O)CC(=N)N)c3F)cn2)C1. The van der Waals surface area contributed by atoms with Crippen molar-refractivity contribution in [3.63, 3.8) is 0 Å². The Bertz CT molecular complexity index is 1010. The molecule has 0 radical (unpaired) electrons. The average Bonchev–Trinajstić information content (AvgIpc) is 2.65. The van der Waals surface area contributed by atoms with Crippen molar-refractivity contribution in [2.45, 2.75) is 13.0 Å². The summed E-state index contributed by atoms with van der Waals surface area (Å²) in [5.41, 5.74) is 6.51. The number of amidine groups is 1. The molecule has 1 fully saturated rings. The Balaban J connectivity index is 1.64. The zero-order valence-corrected chi connectivity index (χ0v) is 14.7. The molecule has 0 unspecified atom stereocenters. The standard InChI is InChI=1S/C18H19FN6O3/c1-27-24-13-8-25(9-13)18-22-6-12(7-23-18)14-4-2-3-11(17(14)19)10-28-16(26)5-15(20)21/h2-4,6-7H,5,8-10H2,1H3,(H3,20,21)/i1D3. The highest BCUT2D eigenvalue weighted by molar-refractivity contribution is 5.98. The molecule has 0 spiro atoms. The first kappa shape index (κ1) is 15.5. The second kappa shape index (κ2) is 8.42. The summed E-state index contributed by atoms with van der Waals surface area (Å²) >= 11 is 0. The van der Waals surface area contributed by atoms with Crippen LogP contribution in [0.15, 0.2) is 35.7 Å². The number of hydrogen-bond donors (Lipinski definition) is 2. The number of nitrogens with one attached hydrogen (secondary N) is 1. The molecule has 28 heavy (non-hydrogen) atoms. The molecule has 0 aliphatic carbocycles. The third kappa shape index (κ3) is 4.40. The van der Waals surface area contributed by atoms with Gasteiger partial charge in [0.15, 0.2) is 0 Å². The normalized spacial score (nSPS) is 15.0. The molecule has 1 aliphatic heterocycles. The topological polar surface area (TPSA) is 127 Å². The van der Waals surface area contributed by atoms with Gasteiger partial charge in [-0.25, -0.2) is 14.4 Å². The van der Waals surface area contributed by atoms with E-state index in [0.717, 1.165) is 0 Å². The number of benzene rings is 1. The number of rotatable bonds is 7. The molecule has 2 heterocycles. The van der Waals surface area contributed by atoms with E-state index in [-0.39, 0.29) is 30.0 Å². The van der Waals surface area contributed by atoms with E-state index in [2.05, 4.69) is 20.0 Å². The summed E-state index contributed by atoms with van der Waals surface area (Å²) in [6.45, 7) is 0.356. The van der Waals surface area contributed by atoms with Gasteiger partial charge in [0.05, 0.1) is 22.9 Å². The fourth-order valence-corrected chi connectivity index (χ4v) is 2.56. The van der Waals surface area contributed by atoms with Gasteiger partial charge in [0, 0.05) is 29.1 Å². The Morgan fingerprint density at radius 3 is 2.86 bits per heavy atom. The highest BCUT2D eigenvalue weighted by Crippen LogP contribution is 2.26. The first-order valence-corrected chi connectivity index (χ1v) is 8.19. The van der Waals surface area contributed by atoms with E-state index < -0.39 is 18.8 Å². The first-order valence-electron chi connectivity index (χ1n) is 9.69. The van der Waals surface area contributed by atoms with Gasteiger partial charge < -0.3 is 20.2 Å². The van der Waals surface area contributed by atoms with Crippen LogP contribution in [-0.2, 0) is 21.0 Å². The van der Waals surface area contributed by atoms with Crippen LogP contribution in [0, 0.1) is 11.2 Å². The molecule has 2 aromatic rings. The number of carbonyl (C=O) groups excluding carboxylic acids is 1. The predicted octanol–water partition coefficient (Wildman–Crippen LogP) is 1.47. The van der Waals surface area contributed by atoms with E-state index in [4.69, 9.17) is 20.0 Å². The second-order valence-electron chi connectivity index (χ2n) is 6.02. The van der Waals surface area contributed by atoms with Crippen LogP contribution in [-0.4, -0.2) is 47.6 Å². The number of hydrogen-bond acceptors (Lipinski definition) is 8. The molecule has 1 saturated heterocycles. The molecule has 146 valence electrons. The Labute approximate surface area is 164 Å². The fourth-order valence-electron chi connectivity index (χ4n) is 2.56.